The molecule has 2 aliphatic rings. The van der Waals surface area contributed by atoms with Gasteiger partial charge in [0.05, 0.1) is 17.4 Å². The molecule has 1 heterocycles. The van der Waals surface area contributed by atoms with E-state index in [1.807, 2.05) is 0 Å². The Labute approximate surface area is 124 Å². The van der Waals surface area contributed by atoms with E-state index in [0.29, 0.717) is 35.6 Å². The summed E-state index contributed by atoms with van der Waals surface area (Å²) in [6, 6.07) is 0.466. The van der Waals surface area contributed by atoms with Gasteiger partial charge in [0.2, 0.25) is 5.95 Å². The summed E-state index contributed by atoms with van der Waals surface area (Å²) >= 11 is 0. The summed E-state index contributed by atoms with van der Waals surface area (Å²) in [4.78, 5) is 20.2. The summed E-state index contributed by atoms with van der Waals surface area (Å²) in [7, 11) is 0. The molecule has 2 aliphatic carbocycles. The molecule has 0 bridgehead atoms. The lowest BCUT2D eigenvalue weighted by Gasteiger charge is -2.26. The number of nitrogens with zero attached hydrogens (tertiary/aromatic N) is 2. The zero-order valence-corrected chi connectivity index (χ0v) is 12.1. The number of nitrogens with one attached hydrogen (secondary N) is 1. The molecule has 6 nitrogen and oxygen atoms in total. The fourth-order valence-corrected chi connectivity index (χ4v) is 2.98. The van der Waals surface area contributed by atoms with E-state index >= 15 is 0 Å². The van der Waals surface area contributed by atoms with Crippen LogP contribution in [-0.4, -0.2) is 33.1 Å². The number of nitrogens with two attached hydrogens (primary N) is 1. The number of rotatable bonds is 5. The third-order valence-electron chi connectivity index (χ3n) is 4.28. The monoisotopic (exact) mass is 290 g/mol. The zero-order valence-electron chi connectivity index (χ0n) is 12.1. The van der Waals surface area contributed by atoms with E-state index in [1.54, 1.807) is 0 Å². The highest BCUT2D eigenvalue weighted by Crippen LogP contribution is 2.28. The predicted octanol–water partition coefficient (Wildman–Crippen LogP) is 1.24. The molecule has 1 aromatic rings. The van der Waals surface area contributed by atoms with Crippen molar-refractivity contribution in [2.75, 3.05) is 5.32 Å². The second-order valence-electron chi connectivity index (χ2n) is 6.23. The van der Waals surface area contributed by atoms with Crippen molar-refractivity contribution in [2.45, 2.75) is 57.1 Å². The Bertz CT molecular complexity index is 530. The average molecular weight is 290 g/mol. The second kappa shape index (κ2) is 5.97. The minimum Gasteiger partial charge on any atom is -0.393 e. The molecule has 0 unspecified atom stereocenters. The van der Waals surface area contributed by atoms with E-state index < -0.39 is 5.91 Å². The molecule has 0 spiro atoms. The Morgan fingerprint density at radius 2 is 2.19 bits per heavy atom. The van der Waals surface area contributed by atoms with Gasteiger partial charge >= 0.3 is 0 Å². The Balaban J connectivity index is 1.77. The molecule has 0 aliphatic heterocycles. The lowest BCUT2D eigenvalue weighted by atomic mass is 9.84. The van der Waals surface area contributed by atoms with Crippen molar-refractivity contribution < 1.29 is 9.90 Å². The maximum atomic E-state index is 11.5. The van der Waals surface area contributed by atoms with E-state index in [0.717, 1.165) is 38.5 Å². The summed E-state index contributed by atoms with van der Waals surface area (Å²) in [6.45, 7) is 0. The fraction of sp³-hybridized carbons (Fsp3) is 0.667. The van der Waals surface area contributed by atoms with Gasteiger partial charge in [-0.2, -0.15) is 0 Å². The maximum absolute atomic E-state index is 11.5. The van der Waals surface area contributed by atoms with Gasteiger partial charge in [0, 0.05) is 12.2 Å². The highest BCUT2D eigenvalue weighted by Gasteiger charge is 2.25. The molecule has 6 heteroatoms. The molecule has 0 saturated heterocycles. The molecule has 0 aromatic carbocycles. The Morgan fingerprint density at radius 1 is 1.38 bits per heavy atom. The largest absolute Gasteiger partial charge is 0.393 e. The number of carbonyl (C=O) groups is 1. The van der Waals surface area contributed by atoms with Crippen LogP contribution >= 0.6 is 0 Å². The number of hydrogen-bond donors (Lipinski definition) is 3. The number of carbonyl (C=O) groups excluding carboxylic acids is 1. The van der Waals surface area contributed by atoms with Gasteiger partial charge in [-0.05, 0) is 44.4 Å². The predicted molar refractivity (Wildman–Crippen MR) is 78.9 cm³/mol. The lowest BCUT2D eigenvalue weighted by Crippen LogP contribution is -2.24. The summed E-state index contributed by atoms with van der Waals surface area (Å²) in [5.74, 6) is 0.448. The first kappa shape index (κ1) is 14.3. The average Bonchev–Trinajstić information content (AvgIpc) is 3.22. The molecule has 1 amide bonds. The van der Waals surface area contributed by atoms with Gasteiger partial charge in [-0.25, -0.2) is 9.97 Å². The van der Waals surface area contributed by atoms with E-state index in [-0.39, 0.29) is 6.10 Å². The van der Waals surface area contributed by atoms with Gasteiger partial charge in [0.1, 0.15) is 0 Å². The number of aliphatic hydroxyl groups is 1. The molecular formula is C15H22N4O2. The Morgan fingerprint density at radius 3 is 2.86 bits per heavy atom. The molecule has 2 fully saturated rings. The summed E-state index contributed by atoms with van der Waals surface area (Å²) in [6.07, 6.45) is 7.99. The summed E-state index contributed by atoms with van der Waals surface area (Å²) in [5.41, 5.74) is 6.53. The molecule has 2 saturated carbocycles. The van der Waals surface area contributed by atoms with Gasteiger partial charge in [-0.15, -0.1) is 0 Å². The number of aliphatic hydroxyl groups excluding tert-OH is 1. The third-order valence-corrected chi connectivity index (χ3v) is 4.28. The van der Waals surface area contributed by atoms with Crippen LogP contribution in [0.5, 0.6) is 0 Å². The number of primary amides is 1. The molecular weight excluding hydrogens is 268 g/mol. The molecule has 2 atom stereocenters. The SMILES string of the molecule is NC(=O)c1cnc(NC2CC2)nc1C[C@@H]1CCC[C@H](O)C1. The molecule has 21 heavy (non-hydrogen) atoms. The van der Waals surface area contributed by atoms with E-state index in [9.17, 15) is 9.90 Å². The highest BCUT2D eigenvalue weighted by atomic mass is 16.3. The van der Waals surface area contributed by atoms with Crippen LogP contribution < -0.4 is 11.1 Å². The normalized spacial score (nSPS) is 25.6. The van der Waals surface area contributed by atoms with E-state index in [2.05, 4.69) is 15.3 Å². The van der Waals surface area contributed by atoms with Gasteiger partial charge in [-0.1, -0.05) is 6.42 Å². The first-order valence-electron chi connectivity index (χ1n) is 7.72. The molecule has 4 N–H and O–H groups in total. The van der Waals surface area contributed by atoms with Crippen LogP contribution in [0.4, 0.5) is 5.95 Å². The highest BCUT2D eigenvalue weighted by molar-refractivity contribution is 5.93. The molecule has 0 radical (unpaired) electrons. The van der Waals surface area contributed by atoms with Crippen molar-refractivity contribution in [3.05, 3.63) is 17.5 Å². The van der Waals surface area contributed by atoms with Crippen LogP contribution in [0.3, 0.4) is 0 Å². The van der Waals surface area contributed by atoms with Gasteiger partial charge in [0.25, 0.3) is 5.91 Å². The number of aromatic nitrogens is 2. The fourth-order valence-electron chi connectivity index (χ4n) is 2.98. The van der Waals surface area contributed by atoms with E-state index in [4.69, 9.17) is 5.73 Å². The van der Waals surface area contributed by atoms with Gasteiger partial charge in [0.15, 0.2) is 0 Å². The number of anilines is 1. The number of hydrogen-bond acceptors (Lipinski definition) is 5. The smallest absolute Gasteiger partial charge is 0.252 e. The molecule has 114 valence electrons. The van der Waals surface area contributed by atoms with Crippen LogP contribution in [-0.2, 0) is 6.42 Å². The van der Waals surface area contributed by atoms with Crippen molar-refractivity contribution in [2.24, 2.45) is 11.7 Å². The van der Waals surface area contributed by atoms with Crippen LogP contribution in [0.25, 0.3) is 0 Å². The topological polar surface area (TPSA) is 101 Å². The maximum Gasteiger partial charge on any atom is 0.252 e. The van der Waals surface area contributed by atoms with Crippen LogP contribution in [0.2, 0.25) is 0 Å². The quantitative estimate of drug-likeness (QED) is 0.757. The Hall–Kier alpha value is -1.69. The van der Waals surface area contributed by atoms with Crippen molar-refractivity contribution in [3.8, 4) is 0 Å². The van der Waals surface area contributed by atoms with Gasteiger partial charge in [-0.3, -0.25) is 4.79 Å². The van der Waals surface area contributed by atoms with Crippen molar-refractivity contribution in [1.29, 1.82) is 0 Å². The number of amides is 1. The Kier molecular flexibility index (Phi) is 4.05. The zero-order chi connectivity index (χ0) is 14.8. The standard InChI is InChI=1S/C15H22N4O2/c16-14(21)12-8-17-15(18-10-4-5-10)19-13(12)7-9-2-1-3-11(20)6-9/h8-11,20H,1-7H2,(H2,16,21)(H,17,18,19)/t9-,11+/m1/s1. The van der Waals surface area contributed by atoms with Crippen LogP contribution in [0, 0.1) is 5.92 Å². The summed E-state index contributed by atoms with van der Waals surface area (Å²) < 4.78 is 0. The summed E-state index contributed by atoms with van der Waals surface area (Å²) in [5, 5.41) is 13.0. The van der Waals surface area contributed by atoms with Crippen molar-refractivity contribution >= 4 is 11.9 Å². The molecule has 1 aromatic heterocycles. The van der Waals surface area contributed by atoms with E-state index in [1.165, 1.54) is 6.20 Å². The van der Waals surface area contributed by atoms with Crippen molar-refractivity contribution in [3.63, 3.8) is 0 Å². The minimum atomic E-state index is -0.487. The first-order valence-corrected chi connectivity index (χ1v) is 7.72. The van der Waals surface area contributed by atoms with Crippen molar-refractivity contribution in [1.82, 2.24) is 9.97 Å². The van der Waals surface area contributed by atoms with Gasteiger partial charge < -0.3 is 16.2 Å². The molecule has 3 rings (SSSR count). The van der Waals surface area contributed by atoms with Crippen LogP contribution in [0.1, 0.15) is 54.6 Å². The third kappa shape index (κ3) is 3.69. The lowest BCUT2D eigenvalue weighted by molar-refractivity contribution is 0.0987. The second-order valence-corrected chi connectivity index (χ2v) is 6.23. The minimum absolute atomic E-state index is 0.230. The van der Waals surface area contributed by atoms with Crippen LogP contribution in [0.15, 0.2) is 6.20 Å². The first-order chi connectivity index (χ1) is 10.1.